The van der Waals surface area contributed by atoms with Gasteiger partial charge in [-0.15, -0.1) is 0 Å². The lowest BCUT2D eigenvalue weighted by Crippen LogP contribution is -3.09. The standard InChI is InChI=1S/C20H21FN2O2/c1-13(2)15-6-4-14(5-7-15)11-22(3)12-23-18-9-8-16(21)10-17(18)19(24)20(23)25/h4-10,13H,11-12H2,1-3H3/p+1. The van der Waals surface area contributed by atoms with E-state index in [1.807, 2.05) is 7.05 Å². The highest BCUT2D eigenvalue weighted by molar-refractivity contribution is 6.52. The van der Waals surface area contributed by atoms with E-state index in [1.54, 1.807) is 0 Å². The maximum atomic E-state index is 13.3. The predicted molar refractivity (Wildman–Crippen MR) is 94.2 cm³/mol. The van der Waals surface area contributed by atoms with Gasteiger partial charge in [0.2, 0.25) is 0 Å². The van der Waals surface area contributed by atoms with Gasteiger partial charge in [0, 0.05) is 5.56 Å². The first kappa shape index (κ1) is 17.3. The van der Waals surface area contributed by atoms with Crippen molar-refractivity contribution in [2.75, 3.05) is 18.6 Å². The second kappa shape index (κ2) is 6.76. The van der Waals surface area contributed by atoms with E-state index in [9.17, 15) is 14.0 Å². The van der Waals surface area contributed by atoms with Gasteiger partial charge in [-0.3, -0.25) is 14.5 Å². The Morgan fingerprint density at radius 1 is 1.08 bits per heavy atom. The number of nitrogens with one attached hydrogen (secondary N) is 1. The van der Waals surface area contributed by atoms with Crippen LogP contribution in [0.15, 0.2) is 42.5 Å². The molecular formula is C20H22FN2O2+. The zero-order valence-corrected chi connectivity index (χ0v) is 14.7. The van der Waals surface area contributed by atoms with Gasteiger partial charge in [0.05, 0.1) is 18.3 Å². The number of hydrogen-bond donors (Lipinski definition) is 1. The zero-order chi connectivity index (χ0) is 18.1. The molecule has 1 amide bonds. The summed E-state index contributed by atoms with van der Waals surface area (Å²) < 4.78 is 13.3. The second-order valence-electron chi connectivity index (χ2n) is 6.91. The molecule has 1 N–H and O–H groups in total. The molecule has 1 aliphatic rings. The molecule has 0 aliphatic carbocycles. The van der Waals surface area contributed by atoms with Crippen LogP contribution in [0.5, 0.6) is 0 Å². The van der Waals surface area contributed by atoms with E-state index in [2.05, 4.69) is 38.1 Å². The number of halogens is 1. The Labute approximate surface area is 146 Å². The van der Waals surface area contributed by atoms with Crippen molar-refractivity contribution in [3.63, 3.8) is 0 Å². The average molecular weight is 341 g/mol. The van der Waals surface area contributed by atoms with Gasteiger partial charge in [-0.05, 0) is 29.7 Å². The summed E-state index contributed by atoms with van der Waals surface area (Å²) in [5.41, 5.74) is 3.10. The molecule has 0 bridgehead atoms. The molecule has 0 saturated heterocycles. The van der Waals surface area contributed by atoms with Crippen LogP contribution in [0.4, 0.5) is 10.1 Å². The Hall–Kier alpha value is -2.53. The molecule has 0 saturated carbocycles. The van der Waals surface area contributed by atoms with Gasteiger partial charge in [0.15, 0.2) is 6.67 Å². The van der Waals surface area contributed by atoms with E-state index < -0.39 is 17.5 Å². The maximum absolute atomic E-state index is 13.3. The Balaban J connectivity index is 1.72. The van der Waals surface area contributed by atoms with Crippen molar-refractivity contribution in [2.45, 2.75) is 26.3 Å². The smallest absolute Gasteiger partial charge is 0.303 e. The number of rotatable bonds is 5. The average Bonchev–Trinajstić information content (AvgIpc) is 2.80. The fourth-order valence-electron chi connectivity index (χ4n) is 3.12. The van der Waals surface area contributed by atoms with Crippen LogP contribution in [-0.2, 0) is 11.3 Å². The van der Waals surface area contributed by atoms with Crippen LogP contribution in [0.3, 0.4) is 0 Å². The van der Waals surface area contributed by atoms with E-state index >= 15 is 0 Å². The predicted octanol–water partition coefficient (Wildman–Crippen LogP) is 2.15. The number of benzene rings is 2. The van der Waals surface area contributed by atoms with E-state index in [0.29, 0.717) is 18.3 Å². The molecular weight excluding hydrogens is 319 g/mol. The first-order valence-electron chi connectivity index (χ1n) is 8.42. The highest BCUT2D eigenvalue weighted by atomic mass is 19.1. The van der Waals surface area contributed by atoms with E-state index in [-0.39, 0.29) is 5.56 Å². The Morgan fingerprint density at radius 2 is 1.76 bits per heavy atom. The summed E-state index contributed by atoms with van der Waals surface area (Å²) >= 11 is 0. The summed E-state index contributed by atoms with van der Waals surface area (Å²) in [6.45, 7) is 5.40. The lowest BCUT2D eigenvalue weighted by molar-refractivity contribution is -0.892. The normalized spacial score (nSPS) is 15.0. The quantitative estimate of drug-likeness (QED) is 0.847. The molecule has 0 spiro atoms. The van der Waals surface area contributed by atoms with Crippen LogP contribution in [0.1, 0.15) is 41.3 Å². The molecule has 130 valence electrons. The SMILES string of the molecule is CC(C)c1ccc(C[NH+](C)CN2C(=O)C(=O)c3cc(F)ccc32)cc1. The monoisotopic (exact) mass is 341 g/mol. The molecule has 0 fully saturated rings. The molecule has 0 radical (unpaired) electrons. The molecule has 2 aromatic rings. The highest BCUT2D eigenvalue weighted by Crippen LogP contribution is 2.28. The molecule has 3 rings (SSSR count). The molecule has 1 unspecified atom stereocenters. The van der Waals surface area contributed by atoms with Gasteiger partial charge in [0.25, 0.3) is 5.78 Å². The minimum absolute atomic E-state index is 0.152. The minimum Gasteiger partial charge on any atom is -0.316 e. The number of nitrogens with zero attached hydrogens (tertiary/aromatic N) is 1. The first-order valence-corrected chi connectivity index (χ1v) is 8.42. The van der Waals surface area contributed by atoms with E-state index in [0.717, 1.165) is 17.5 Å². The number of fused-ring (bicyclic) bond motifs is 1. The third-order valence-electron chi connectivity index (χ3n) is 4.51. The topological polar surface area (TPSA) is 41.8 Å². The third kappa shape index (κ3) is 3.46. The summed E-state index contributed by atoms with van der Waals surface area (Å²) in [6, 6.07) is 12.3. The third-order valence-corrected chi connectivity index (χ3v) is 4.51. The van der Waals surface area contributed by atoms with Crippen molar-refractivity contribution >= 4 is 17.4 Å². The van der Waals surface area contributed by atoms with Crippen molar-refractivity contribution < 1.29 is 18.9 Å². The van der Waals surface area contributed by atoms with Gasteiger partial charge in [-0.2, -0.15) is 0 Å². The highest BCUT2D eigenvalue weighted by Gasteiger charge is 2.37. The lowest BCUT2D eigenvalue weighted by atomic mass is 10.0. The number of amides is 1. The van der Waals surface area contributed by atoms with Crippen molar-refractivity contribution in [2.24, 2.45) is 0 Å². The van der Waals surface area contributed by atoms with Crippen LogP contribution in [0.25, 0.3) is 0 Å². The van der Waals surface area contributed by atoms with E-state index in [4.69, 9.17) is 0 Å². The number of carbonyl (C=O) groups is 2. The van der Waals surface area contributed by atoms with E-state index in [1.165, 1.54) is 28.2 Å². The van der Waals surface area contributed by atoms with Crippen molar-refractivity contribution in [1.82, 2.24) is 0 Å². The fraction of sp³-hybridized carbons (Fsp3) is 0.300. The van der Waals surface area contributed by atoms with Crippen LogP contribution < -0.4 is 9.80 Å². The summed E-state index contributed by atoms with van der Waals surface area (Å²) in [6.07, 6.45) is 0. The fourth-order valence-corrected chi connectivity index (χ4v) is 3.12. The lowest BCUT2D eigenvalue weighted by Gasteiger charge is -2.22. The van der Waals surface area contributed by atoms with Gasteiger partial charge in [-0.25, -0.2) is 4.39 Å². The Bertz CT molecular complexity index is 815. The summed E-state index contributed by atoms with van der Waals surface area (Å²) in [5.74, 6) is -1.24. The molecule has 5 heteroatoms. The number of Topliss-reactive ketones (excluding diaryl/α,β-unsaturated/α-hetero) is 1. The van der Waals surface area contributed by atoms with Crippen LogP contribution >= 0.6 is 0 Å². The van der Waals surface area contributed by atoms with Gasteiger partial charge in [-0.1, -0.05) is 38.1 Å². The van der Waals surface area contributed by atoms with Crippen molar-refractivity contribution in [1.29, 1.82) is 0 Å². The summed E-state index contributed by atoms with van der Waals surface area (Å²) in [4.78, 5) is 26.8. The number of quaternary nitrogens is 1. The Kier molecular flexibility index (Phi) is 4.68. The zero-order valence-electron chi connectivity index (χ0n) is 14.7. The molecule has 1 heterocycles. The van der Waals surface area contributed by atoms with Crippen molar-refractivity contribution in [3.8, 4) is 0 Å². The van der Waals surface area contributed by atoms with Crippen LogP contribution in [-0.4, -0.2) is 25.4 Å². The first-order chi connectivity index (χ1) is 11.9. The summed E-state index contributed by atoms with van der Waals surface area (Å²) in [5, 5.41) is 0. The molecule has 2 aromatic carbocycles. The number of anilines is 1. The second-order valence-corrected chi connectivity index (χ2v) is 6.91. The van der Waals surface area contributed by atoms with Crippen LogP contribution in [0, 0.1) is 5.82 Å². The maximum Gasteiger partial charge on any atom is 0.303 e. The molecule has 1 atom stereocenters. The molecule has 4 nitrogen and oxygen atoms in total. The molecule has 1 aliphatic heterocycles. The molecule has 0 aromatic heterocycles. The van der Waals surface area contributed by atoms with Gasteiger partial charge < -0.3 is 4.90 Å². The summed E-state index contributed by atoms with van der Waals surface area (Å²) in [7, 11) is 1.97. The van der Waals surface area contributed by atoms with Gasteiger partial charge >= 0.3 is 5.91 Å². The van der Waals surface area contributed by atoms with Gasteiger partial charge in [0.1, 0.15) is 12.4 Å². The largest absolute Gasteiger partial charge is 0.316 e. The van der Waals surface area contributed by atoms with Crippen LogP contribution in [0.2, 0.25) is 0 Å². The number of ketones is 1. The van der Waals surface area contributed by atoms with Crippen molar-refractivity contribution in [3.05, 3.63) is 65.0 Å². The minimum atomic E-state index is -0.636. The number of hydrogen-bond acceptors (Lipinski definition) is 2. The molecule has 25 heavy (non-hydrogen) atoms. The number of carbonyl (C=O) groups excluding carboxylic acids is 2. The Morgan fingerprint density at radius 3 is 2.40 bits per heavy atom.